The van der Waals surface area contributed by atoms with Crippen LogP contribution in [0, 0.1) is 0 Å². The van der Waals surface area contributed by atoms with Gasteiger partial charge < -0.3 is 9.80 Å². The second-order valence-corrected chi connectivity index (χ2v) is 16.5. The average Bonchev–Trinajstić information content (AvgIpc) is 3.24. The zero-order chi connectivity index (χ0) is 38.3. The van der Waals surface area contributed by atoms with Crippen LogP contribution in [0.25, 0.3) is 33.0 Å². The van der Waals surface area contributed by atoms with Crippen LogP contribution < -0.4 is 9.80 Å². The molecule has 0 amide bonds. The van der Waals surface area contributed by atoms with Crippen LogP contribution in [0.15, 0.2) is 194 Å². The monoisotopic (exact) mass is 724 g/mol. The molecule has 8 aromatic rings. The van der Waals surface area contributed by atoms with E-state index in [0.29, 0.717) is 0 Å². The predicted octanol–water partition coefficient (Wildman–Crippen LogP) is 15.5. The van der Waals surface area contributed by atoms with Crippen LogP contribution in [0.5, 0.6) is 0 Å². The van der Waals surface area contributed by atoms with Gasteiger partial charge in [-0.25, -0.2) is 0 Å². The molecule has 0 N–H and O–H groups in total. The van der Waals surface area contributed by atoms with E-state index in [-0.39, 0.29) is 10.8 Å². The average molecular weight is 725 g/mol. The number of hydrogen-bond acceptors (Lipinski definition) is 2. The van der Waals surface area contributed by atoms with Gasteiger partial charge in [-0.1, -0.05) is 143 Å². The Bertz CT molecular complexity index is 2560. The molecule has 0 spiro atoms. The molecule has 0 unspecified atom stereocenters. The highest BCUT2D eigenvalue weighted by Gasteiger charge is 2.37. The lowest BCUT2D eigenvalue weighted by molar-refractivity contribution is 0.332. The molecule has 56 heavy (non-hydrogen) atoms. The van der Waals surface area contributed by atoms with Crippen LogP contribution in [-0.4, -0.2) is 0 Å². The van der Waals surface area contributed by atoms with Crippen molar-refractivity contribution in [1.29, 1.82) is 0 Å². The van der Waals surface area contributed by atoms with Crippen LogP contribution >= 0.6 is 0 Å². The van der Waals surface area contributed by atoms with Gasteiger partial charge in [0.25, 0.3) is 0 Å². The first-order chi connectivity index (χ1) is 27.2. The summed E-state index contributed by atoms with van der Waals surface area (Å²) in [6.45, 7) is 9.62. The molecule has 274 valence electrons. The quantitative estimate of drug-likeness (QED) is 0.154. The fraction of sp³-hybridized carbons (Fsp3) is 0.148. The molecule has 9 rings (SSSR count). The minimum Gasteiger partial charge on any atom is -0.311 e. The minimum atomic E-state index is 0.110. The maximum absolute atomic E-state index is 2.46. The molecular formula is C54H48N2. The van der Waals surface area contributed by atoms with Gasteiger partial charge in [0.15, 0.2) is 0 Å². The first-order valence-electron chi connectivity index (χ1n) is 19.9. The molecule has 8 aromatic carbocycles. The minimum absolute atomic E-state index is 0.110. The van der Waals surface area contributed by atoms with Gasteiger partial charge in [0, 0.05) is 34.1 Å². The van der Waals surface area contributed by atoms with E-state index in [1.165, 1.54) is 62.7 Å². The Morgan fingerprint density at radius 1 is 0.304 bits per heavy atom. The standard InChI is InChI=1S/C54H48N2/c1-53(2)35-36-54(3,4)52-38-50(33-34-51(52)53)56(49-31-25-42(26-32-49)44-20-19-39-13-11-12-14-43(39)37-44)48-29-23-41(24-30-48)40-21-27-47(28-22-40)55(45-15-7-5-8-16-45)46-17-9-6-10-18-46/h5-34,37-38H,35-36H2,1-4H3. The second kappa shape index (κ2) is 14.4. The van der Waals surface area contributed by atoms with E-state index in [2.05, 4.69) is 232 Å². The first-order valence-corrected chi connectivity index (χ1v) is 19.9. The third kappa shape index (κ3) is 6.77. The van der Waals surface area contributed by atoms with Crippen molar-refractivity contribution < 1.29 is 0 Å². The van der Waals surface area contributed by atoms with E-state index in [0.717, 1.165) is 28.4 Å². The number of rotatable bonds is 8. The van der Waals surface area contributed by atoms with Gasteiger partial charge in [0.1, 0.15) is 0 Å². The fourth-order valence-corrected chi connectivity index (χ4v) is 8.54. The fourth-order valence-electron chi connectivity index (χ4n) is 8.54. The summed E-state index contributed by atoms with van der Waals surface area (Å²) < 4.78 is 0. The van der Waals surface area contributed by atoms with Crippen molar-refractivity contribution in [1.82, 2.24) is 0 Å². The summed E-state index contributed by atoms with van der Waals surface area (Å²) in [6, 6.07) is 70.7. The van der Waals surface area contributed by atoms with Gasteiger partial charge in [0.2, 0.25) is 0 Å². The summed E-state index contributed by atoms with van der Waals surface area (Å²) in [7, 11) is 0. The molecule has 0 aliphatic heterocycles. The summed E-state index contributed by atoms with van der Waals surface area (Å²) in [4.78, 5) is 4.73. The highest BCUT2D eigenvalue weighted by molar-refractivity contribution is 5.88. The second-order valence-electron chi connectivity index (χ2n) is 16.5. The summed E-state index contributed by atoms with van der Waals surface area (Å²) in [5.41, 5.74) is 14.9. The molecule has 0 atom stereocenters. The summed E-state index contributed by atoms with van der Waals surface area (Å²) in [5, 5.41) is 2.52. The van der Waals surface area contributed by atoms with Crippen molar-refractivity contribution in [3.63, 3.8) is 0 Å². The van der Waals surface area contributed by atoms with Crippen molar-refractivity contribution in [3.8, 4) is 22.3 Å². The highest BCUT2D eigenvalue weighted by Crippen LogP contribution is 2.48. The van der Waals surface area contributed by atoms with Crippen LogP contribution in [0.2, 0.25) is 0 Å². The van der Waals surface area contributed by atoms with Gasteiger partial charge >= 0.3 is 0 Å². The van der Waals surface area contributed by atoms with E-state index in [1.807, 2.05) is 0 Å². The molecule has 0 fully saturated rings. The van der Waals surface area contributed by atoms with Gasteiger partial charge in [-0.05, 0) is 147 Å². The van der Waals surface area contributed by atoms with Crippen molar-refractivity contribution in [3.05, 3.63) is 205 Å². The lowest BCUT2D eigenvalue weighted by Gasteiger charge is -2.42. The first kappa shape index (κ1) is 35.3. The normalized spacial score (nSPS) is 14.2. The van der Waals surface area contributed by atoms with E-state index in [1.54, 1.807) is 0 Å². The molecule has 1 aliphatic rings. The van der Waals surface area contributed by atoms with Crippen LogP contribution in [0.3, 0.4) is 0 Å². The van der Waals surface area contributed by atoms with E-state index >= 15 is 0 Å². The smallest absolute Gasteiger partial charge is 0.0464 e. The molecule has 0 radical (unpaired) electrons. The van der Waals surface area contributed by atoms with E-state index < -0.39 is 0 Å². The zero-order valence-electron chi connectivity index (χ0n) is 32.8. The number of fused-ring (bicyclic) bond motifs is 2. The Morgan fingerprint density at radius 2 is 0.679 bits per heavy atom. The highest BCUT2D eigenvalue weighted by atomic mass is 15.1. The van der Waals surface area contributed by atoms with E-state index in [9.17, 15) is 0 Å². The lowest BCUT2D eigenvalue weighted by atomic mass is 9.63. The Balaban J connectivity index is 1.07. The molecule has 2 heteroatoms. The van der Waals surface area contributed by atoms with E-state index in [4.69, 9.17) is 0 Å². The lowest BCUT2D eigenvalue weighted by Crippen LogP contribution is -2.34. The Labute approximate surface area is 332 Å². The Kier molecular flexibility index (Phi) is 9.06. The van der Waals surface area contributed by atoms with Gasteiger partial charge in [-0.3, -0.25) is 0 Å². The SMILES string of the molecule is CC1(C)CCC(C)(C)c2cc(N(c3ccc(-c4ccc(N(c5ccccc5)c5ccccc5)cc4)cc3)c3ccc(-c4ccc5ccccc5c4)cc3)ccc21. The Hall–Kier alpha value is -6.38. The predicted molar refractivity (Wildman–Crippen MR) is 239 cm³/mol. The molecule has 0 heterocycles. The van der Waals surface area contributed by atoms with Crippen molar-refractivity contribution in [2.24, 2.45) is 0 Å². The molecule has 0 bridgehead atoms. The number of para-hydroxylation sites is 2. The topological polar surface area (TPSA) is 6.48 Å². The van der Waals surface area contributed by atoms with Crippen LogP contribution in [-0.2, 0) is 10.8 Å². The third-order valence-electron chi connectivity index (χ3n) is 11.9. The van der Waals surface area contributed by atoms with Crippen molar-refractivity contribution in [2.75, 3.05) is 9.80 Å². The number of nitrogens with zero attached hydrogens (tertiary/aromatic N) is 2. The van der Waals surface area contributed by atoms with Crippen molar-refractivity contribution in [2.45, 2.75) is 51.4 Å². The maximum atomic E-state index is 2.46. The molecule has 0 saturated heterocycles. The molecular weight excluding hydrogens is 677 g/mol. The van der Waals surface area contributed by atoms with Gasteiger partial charge in [-0.15, -0.1) is 0 Å². The molecule has 2 nitrogen and oxygen atoms in total. The van der Waals surface area contributed by atoms with Crippen molar-refractivity contribution >= 4 is 44.9 Å². The van der Waals surface area contributed by atoms with Gasteiger partial charge in [-0.2, -0.15) is 0 Å². The Morgan fingerprint density at radius 3 is 1.20 bits per heavy atom. The number of anilines is 6. The maximum Gasteiger partial charge on any atom is 0.0464 e. The largest absolute Gasteiger partial charge is 0.311 e. The zero-order valence-corrected chi connectivity index (χ0v) is 32.8. The number of benzene rings is 8. The van der Waals surface area contributed by atoms with Crippen LogP contribution in [0.1, 0.15) is 51.7 Å². The van der Waals surface area contributed by atoms with Gasteiger partial charge in [0.05, 0.1) is 0 Å². The summed E-state index contributed by atoms with van der Waals surface area (Å²) in [5.74, 6) is 0. The summed E-state index contributed by atoms with van der Waals surface area (Å²) in [6.07, 6.45) is 2.38. The molecule has 1 aliphatic carbocycles. The summed E-state index contributed by atoms with van der Waals surface area (Å²) >= 11 is 0. The molecule has 0 saturated carbocycles. The number of hydrogen-bond donors (Lipinski definition) is 0. The molecule has 0 aromatic heterocycles. The van der Waals surface area contributed by atoms with Crippen LogP contribution in [0.4, 0.5) is 34.1 Å². The third-order valence-corrected chi connectivity index (χ3v) is 11.9.